The van der Waals surface area contributed by atoms with Crippen LogP contribution in [-0.4, -0.2) is 43.9 Å². The molecule has 0 saturated heterocycles. The minimum Gasteiger partial charge on any atom is -0.379 e. The van der Waals surface area contributed by atoms with Gasteiger partial charge < -0.3 is 15.2 Å². The molecule has 0 heterocycles. The zero-order valence-electron chi connectivity index (χ0n) is 13.3. The Bertz CT molecular complexity index is 303. The number of hydrogen-bond acceptors (Lipinski definition) is 4. The van der Waals surface area contributed by atoms with Crippen molar-refractivity contribution in [1.82, 2.24) is 5.32 Å². The van der Waals surface area contributed by atoms with Crippen LogP contribution in [0.5, 0.6) is 0 Å². The molecule has 5 heteroatoms. The van der Waals surface area contributed by atoms with Gasteiger partial charge in [-0.3, -0.25) is 10.1 Å². The first kappa shape index (κ1) is 17.4. The molecule has 1 atom stereocenters. The molecule has 1 amide bonds. The summed E-state index contributed by atoms with van der Waals surface area (Å²) in [5.41, 5.74) is 4.91. The van der Waals surface area contributed by atoms with Crippen LogP contribution in [0.4, 0.5) is 0 Å². The predicted molar refractivity (Wildman–Crippen MR) is 79.4 cm³/mol. The first-order valence-corrected chi connectivity index (χ1v) is 7.61. The van der Waals surface area contributed by atoms with E-state index < -0.39 is 5.54 Å². The molecule has 118 valence electrons. The number of primary amides is 1. The van der Waals surface area contributed by atoms with Gasteiger partial charge in [-0.25, -0.2) is 0 Å². The Kier molecular flexibility index (Phi) is 6.92. The van der Waals surface area contributed by atoms with Crippen LogP contribution < -0.4 is 11.1 Å². The van der Waals surface area contributed by atoms with Crippen LogP contribution in [0.1, 0.15) is 40.5 Å². The maximum Gasteiger partial charge on any atom is 0.240 e. The second kappa shape index (κ2) is 7.96. The van der Waals surface area contributed by atoms with Crippen molar-refractivity contribution in [2.45, 2.75) is 52.1 Å². The summed E-state index contributed by atoms with van der Waals surface area (Å²) >= 11 is 0. The summed E-state index contributed by atoms with van der Waals surface area (Å²) in [5, 5.41) is 3.32. The molecule has 1 aliphatic carbocycles. The minimum absolute atomic E-state index is 0.198. The first-order valence-electron chi connectivity index (χ1n) is 7.61. The fourth-order valence-electron chi connectivity index (χ4n) is 2.38. The largest absolute Gasteiger partial charge is 0.379 e. The van der Waals surface area contributed by atoms with Crippen LogP contribution in [0.3, 0.4) is 0 Å². The fourth-order valence-corrected chi connectivity index (χ4v) is 2.38. The molecule has 20 heavy (non-hydrogen) atoms. The lowest BCUT2D eigenvalue weighted by atomic mass is 9.92. The van der Waals surface area contributed by atoms with E-state index in [1.165, 1.54) is 0 Å². The first-order chi connectivity index (χ1) is 9.38. The van der Waals surface area contributed by atoms with Gasteiger partial charge in [-0.15, -0.1) is 0 Å². The zero-order valence-corrected chi connectivity index (χ0v) is 13.3. The van der Waals surface area contributed by atoms with E-state index in [-0.39, 0.29) is 11.9 Å². The molecule has 0 aromatic carbocycles. The van der Waals surface area contributed by atoms with E-state index in [9.17, 15) is 4.79 Å². The second-order valence-electron chi connectivity index (χ2n) is 6.43. The van der Waals surface area contributed by atoms with Gasteiger partial charge in [0, 0.05) is 12.6 Å². The molecule has 0 aromatic heterocycles. The molecule has 5 nitrogen and oxygen atoms in total. The summed E-state index contributed by atoms with van der Waals surface area (Å²) in [7, 11) is 0. The average Bonchev–Trinajstić information content (AvgIpc) is 3.15. The van der Waals surface area contributed by atoms with Crippen molar-refractivity contribution in [3.63, 3.8) is 0 Å². The number of nitrogens with one attached hydrogen (secondary N) is 1. The topological polar surface area (TPSA) is 73.6 Å². The lowest BCUT2D eigenvalue weighted by Crippen LogP contribution is -2.62. The zero-order chi connectivity index (χ0) is 15.2. The van der Waals surface area contributed by atoms with Gasteiger partial charge in [0.25, 0.3) is 0 Å². The Hall–Kier alpha value is -0.650. The molecule has 3 N–H and O–H groups in total. The van der Waals surface area contributed by atoms with Crippen molar-refractivity contribution in [2.24, 2.45) is 17.6 Å². The normalized spacial score (nSPS) is 18.5. The van der Waals surface area contributed by atoms with Crippen LogP contribution in [0, 0.1) is 11.8 Å². The summed E-state index contributed by atoms with van der Waals surface area (Å²) in [6.07, 6.45) is 2.08. The van der Waals surface area contributed by atoms with Gasteiger partial charge in [0.1, 0.15) is 5.54 Å². The predicted octanol–water partition coefficient (Wildman–Crippen LogP) is 1.31. The summed E-state index contributed by atoms with van der Waals surface area (Å²) in [6, 6.07) is 0.198. The number of ether oxygens (including phenoxy) is 2. The van der Waals surface area contributed by atoms with E-state index in [1.54, 1.807) is 0 Å². The van der Waals surface area contributed by atoms with Crippen molar-refractivity contribution in [1.29, 1.82) is 0 Å². The number of amides is 1. The molecule has 0 bridgehead atoms. The van der Waals surface area contributed by atoms with Crippen LogP contribution >= 0.6 is 0 Å². The van der Waals surface area contributed by atoms with Crippen LogP contribution in [0.15, 0.2) is 0 Å². The van der Waals surface area contributed by atoms with Gasteiger partial charge in [0.05, 0.1) is 19.8 Å². The molecule has 0 aliphatic heterocycles. The highest BCUT2D eigenvalue weighted by atomic mass is 16.5. The van der Waals surface area contributed by atoms with Gasteiger partial charge >= 0.3 is 0 Å². The Labute approximate surface area is 122 Å². The standard InChI is InChI=1S/C15H30N2O3/c1-11(2)9-19-7-8-20-10-15(14(16)18,13-5-6-13)17-12(3)4/h11-13,17H,5-10H2,1-4H3,(H2,16,18). The van der Waals surface area contributed by atoms with Crippen molar-refractivity contribution < 1.29 is 14.3 Å². The molecule has 0 aromatic rings. The number of nitrogens with two attached hydrogens (primary N) is 1. The summed E-state index contributed by atoms with van der Waals surface area (Å²) in [5.74, 6) is 0.518. The van der Waals surface area contributed by atoms with Gasteiger partial charge in [-0.1, -0.05) is 13.8 Å². The molecule has 1 fully saturated rings. The van der Waals surface area contributed by atoms with Crippen molar-refractivity contribution >= 4 is 5.91 Å². The summed E-state index contributed by atoms with van der Waals surface area (Å²) < 4.78 is 11.1. The van der Waals surface area contributed by atoms with E-state index in [0.29, 0.717) is 31.7 Å². The highest BCUT2D eigenvalue weighted by Crippen LogP contribution is 2.40. The number of carbonyl (C=O) groups is 1. The molecule has 0 radical (unpaired) electrons. The molecule has 1 aliphatic rings. The highest BCUT2D eigenvalue weighted by Gasteiger charge is 2.50. The lowest BCUT2D eigenvalue weighted by molar-refractivity contribution is -0.129. The third kappa shape index (κ3) is 5.38. The second-order valence-corrected chi connectivity index (χ2v) is 6.43. The van der Waals surface area contributed by atoms with E-state index in [4.69, 9.17) is 15.2 Å². The monoisotopic (exact) mass is 286 g/mol. The number of hydrogen-bond donors (Lipinski definition) is 2. The molecule has 1 unspecified atom stereocenters. The quantitative estimate of drug-likeness (QED) is 0.562. The van der Waals surface area contributed by atoms with Crippen molar-refractivity contribution in [3.8, 4) is 0 Å². The van der Waals surface area contributed by atoms with E-state index in [0.717, 1.165) is 19.4 Å². The Morgan fingerprint density at radius 2 is 1.85 bits per heavy atom. The molecular weight excluding hydrogens is 256 g/mol. The minimum atomic E-state index is -0.716. The van der Waals surface area contributed by atoms with Crippen LogP contribution in [0.25, 0.3) is 0 Å². The molecule has 1 rings (SSSR count). The fraction of sp³-hybridized carbons (Fsp3) is 0.933. The third-order valence-corrected chi connectivity index (χ3v) is 3.41. The van der Waals surface area contributed by atoms with Crippen molar-refractivity contribution in [2.75, 3.05) is 26.4 Å². The molecule has 0 spiro atoms. The van der Waals surface area contributed by atoms with Crippen LogP contribution in [-0.2, 0) is 14.3 Å². The third-order valence-electron chi connectivity index (χ3n) is 3.41. The SMILES string of the molecule is CC(C)COCCOCC(NC(C)C)(C(N)=O)C1CC1. The Balaban J connectivity index is 2.39. The van der Waals surface area contributed by atoms with E-state index in [2.05, 4.69) is 19.2 Å². The Morgan fingerprint density at radius 3 is 2.30 bits per heavy atom. The maximum atomic E-state index is 11.9. The number of carbonyl (C=O) groups excluding carboxylic acids is 1. The average molecular weight is 286 g/mol. The van der Waals surface area contributed by atoms with E-state index >= 15 is 0 Å². The summed E-state index contributed by atoms with van der Waals surface area (Å²) in [6.45, 7) is 10.4. The van der Waals surface area contributed by atoms with E-state index in [1.807, 2.05) is 13.8 Å². The summed E-state index contributed by atoms with van der Waals surface area (Å²) in [4.78, 5) is 11.9. The van der Waals surface area contributed by atoms with Gasteiger partial charge in [0.2, 0.25) is 5.91 Å². The van der Waals surface area contributed by atoms with Crippen molar-refractivity contribution in [3.05, 3.63) is 0 Å². The van der Waals surface area contributed by atoms with Gasteiger partial charge in [-0.2, -0.15) is 0 Å². The maximum absolute atomic E-state index is 11.9. The van der Waals surface area contributed by atoms with Gasteiger partial charge in [-0.05, 0) is 38.5 Å². The lowest BCUT2D eigenvalue weighted by Gasteiger charge is -2.33. The highest BCUT2D eigenvalue weighted by molar-refractivity contribution is 5.85. The number of rotatable bonds is 11. The Morgan fingerprint density at radius 1 is 1.25 bits per heavy atom. The smallest absolute Gasteiger partial charge is 0.240 e. The van der Waals surface area contributed by atoms with Crippen LogP contribution in [0.2, 0.25) is 0 Å². The molecule has 1 saturated carbocycles. The molecular formula is C15H30N2O3. The van der Waals surface area contributed by atoms with Gasteiger partial charge in [0.15, 0.2) is 0 Å².